The maximum atomic E-state index is 13.0. The van der Waals surface area contributed by atoms with Crippen molar-refractivity contribution in [1.82, 2.24) is 0 Å². The summed E-state index contributed by atoms with van der Waals surface area (Å²) in [6, 6.07) is 10.4. The van der Waals surface area contributed by atoms with E-state index in [1.807, 2.05) is 13.8 Å². The molecule has 3 rings (SSSR count). The highest BCUT2D eigenvalue weighted by Crippen LogP contribution is 2.35. The number of hydrogen-bond donors (Lipinski definition) is 3. The molecule has 11 nitrogen and oxygen atoms in total. The van der Waals surface area contributed by atoms with Crippen LogP contribution in [0.25, 0.3) is 0 Å². The summed E-state index contributed by atoms with van der Waals surface area (Å²) in [5, 5.41) is 0.327. The first-order valence-corrected chi connectivity index (χ1v) is 13.8. The van der Waals surface area contributed by atoms with Crippen LogP contribution in [0.5, 0.6) is 5.75 Å². The van der Waals surface area contributed by atoms with E-state index < -0.39 is 37.0 Å². The molecule has 1 heterocycles. The number of rotatable bonds is 6. The summed E-state index contributed by atoms with van der Waals surface area (Å²) >= 11 is 6.41. The van der Waals surface area contributed by atoms with E-state index in [1.54, 1.807) is 30.0 Å². The van der Waals surface area contributed by atoms with Gasteiger partial charge in [0.05, 0.1) is 15.7 Å². The van der Waals surface area contributed by atoms with Crippen LogP contribution in [0.3, 0.4) is 0 Å². The van der Waals surface area contributed by atoms with Crippen molar-refractivity contribution in [1.29, 1.82) is 0 Å². The third-order valence-corrected chi connectivity index (χ3v) is 6.73. The Morgan fingerprint density at radius 3 is 2.14 bits per heavy atom. The van der Waals surface area contributed by atoms with Crippen molar-refractivity contribution >= 4 is 49.5 Å². The third kappa shape index (κ3) is 7.78. The number of benzene rings is 2. The van der Waals surface area contributed by atoms with Crippen LogP contribution < -0.4 is 21.1 Å². The fourth-order valence-electron chi connectivity index (χ4n) is 3.14. The summed E-state index contributed by atoms with van der Waals surface area (Å²) in [4.78, 5) is 9.58. The van der Waals surface area contributed by atoms with E-state index in [0.717, 1.165) is 0 Å². The zero-order chi connectivity index (χ0) is 27.5. The van der Waals surface area contributed by atoms with Gasteiger partial charge in [-0.15, -0.1) is 3.89 Å². The number of anilines is 1. The van der Waals surface area contributed by atoms with Gasteiger partial charge in [0.15, 0.2) is 0 Å². The number of halogens is 2. The smallest absolute Gasteiger partial charge is 0.332 e. The SMILES string of the molecule is CC(Oc1ccc(N2C(N)=NC(N)=NC2(C)C)cc1Cl)c1ccc(S(=O)(=O)F)cc1.CCS(=O)(=O)O. The lowest BCUT2D eigenvalue weighted by molar-refractivity contribution is 0.227. The van der Waals surface area contributed by atoms with Crippen molar-refractivity contribution in [2.45, 2.75) is 44.4 Å². The lowest BCUT2D eigenvalue weighted by Gasteiger charge is -2.38. The number of guanidine groups is 2. The molecule has 1 aliphatic heterocycles. The Labute approximate surface area is 214 Å². The second-order valence-corrected chi connectivity index (χ2v) is 11.5. The van der Waals surface area contributed by atoms with Crippen molar-refractivity contribution in [3.8, 4) is 5.75 Å². The molecule has 0 aliphatic carbocycles. The fraction of sp³-hybridized carbons (Fsp3) is 0.333. The van der Waals surface area contributed by atoms with E-state index in [0.29, 0.717) is 22.0 Å². The van der Waals surface area contributed by atoms with E-state index in [-0.39, 0.29) is 17.7 Å². The molecule has 0 saturated carbocycles. The Morgan fingerprint density at radius 1 is 1.14 bits per heavy atom. The van der Waals surface area contributed by atoms with Gasteiger partial charge in [0.1, 0.15) is 17.5 Å². The van der Waals surface area contributed by atoms with Gasteiger partial charge in [0, 0.05) is 5.69 Å². The molecule has 36 heavy (non-hydrogen) atoms. The second-order valence-electron chi connectivity index (χ2n) is 8.02. The Balaban J connectivity index is 0.000000678. The molecule has 1 unspecified atom stereocenters. The molecule has 0 radical (unpaired) electrons. The molecule has 0 bridgehead atoms. The van der Waals surface area contributed by atoms with Gasteiger partial charge < -0.3 is 16.2 Å². The first-order valence-electron chi connectivity index (χ1n) is 10.4. The van der Waals surface area contributed by atoms with Gasteiger partial charge in [-0.2, -0.15) is 21.8 Å². The zero-order valence-corrected chi connectivity index (χ0v) is 22.3. The summed E-state index contributed by atoms with van der Waals surface area (Å²) in [6.07, 6.45) is -0.466. The molecule has 0 saturated heterocycles. The van der Waals surface area contributed by atoms with Gasteiger partial charge >= 0.3 is 10.2 Å². The Morgan fingerprint density at radius 2 is 1.69 bits per heavy atom. The number of nitrogens with two attached hydrogens (primary N) is 2. The molecule has 0 spiro atoms. The van der Waals surface area contributed by atoms with E-state index in [9.17, 15) is 20.7 Å². The van der Waals surface area contributed by atoms with Crippen molar-refractivity contribution in [2.75, 3.05) is 10.7 Å². The zero-order valence-electron chi connectivity index (χ0n) is 19.9. The molecule has 0 fully saturated rings. The largest absolute Gasteiger partial charge is 0.484 e. The third-order valence-electron chi connectivity index (χ3n) is 4.87. The first kappa shape index (κ1) is 29.3. The summed E-state index contributed by atoms with van der Waals surface area (Å²) in [6.45, 7) is 6.81. The van der Waals surface area contributed by atoms with Crippen LogP contribution in [0.15, 0.2) is 57.3 Å². The first-order chi connectivity index (χ1) is 16.4. The van der Waals surface area contributed by atoms with Gasteiger partial charge in [-0.05, 0) is 63.6 Å². The molecule has 1 aliphatic rings. The van der Waals surface area contributed by atoms with Crippen LogP contribution in [0.2, 0.25) is 5.02 Å². The molecule has 0 amide bonds. The Bertz CT molecular complexity index is 1380. The molecule has 2 aromatic rings. The van der Waals surface area contributed by atoms with Crippen LogP contribution in [0.4, 0.5) is 9.57 Å². The van der Waals surface area contributed by atoms with Crippen molar-refractivity contribution in [3.63, 3.8) is 0 Å². The van der Waals surface area contributed by atoms with Gasteiger partial charge in [-0.3, -0.25) is 9.45 Å². The number of nitrogens with zero attached hydrogens (tertiary/aromatic N) is 3. The minimum atomic E-state index is -4.75. The van der Waals surface area contributed by atoms with E-state index in [1.165, 1.54) is 31.2 Å². The molecule has 5 N–H and O–H groups in total. The highest BCUT2D eigenvalue weighted by molar-refractivity contribution is 7.86. The van der Waals surface area contributed by atoms with Gasteiger partial charge in [0.2, 0.25) is 11.9 Å². The number of hydrogen-bond acceptors (Lipinski definition) is 10. The van der Waals surface area contributed by atoms with Crippen molar-refractivity contribution < 1.29 is 30.0 Å². The Kier molecular flexibility index (Phi) is 8.94. The summed E-state index contributed by atoms with van der Waals surface area (Å²) < 4.78 is 67.7. The van der Waals surface area contributed by atoms with Crippen molar-refractivity contribution in [3.05, 3.63) is 53.1 Å². The lowest BCUT2D eigenvalue weighted by atomic mass is 10.1. The highest BCUT2D eigenvalue weighted by Gasteiger charge is 2.33. The minimum Gasteiger partial charge on any atom is -0.484 e. The quantitative estimate of drug-likeness (QED) is 0.351. The fourth-order valence-corrected chi connectivity index (χ4v) is 3.82. The molecular weight excluding hydrogens is 537 g/mol. The number of aliphatic imine (C=N–C) groups is 2. The maximum Gasteiger partial charge on any atom is 0.332 e. The average molecular weight is 564 g/mol. The summed E-state index contributed by atoms with van der Waals surface area (Å²) in [5.41, 5.74) is 12.3. The monoisotopic (exact) mass is 563 g/mol. The molecule has 15 heteroatoms. The molecular formula is C21H27ClFN5O6S2. The lowest BCUT2D eigenvalue weighted by Crippen LogP contribution is -2.54. The van der Waals surface area contributed by atoms with Crippen LogP contribution >= 0.6 is 11.6 Å². The van der Waals surface area contributed by atoms with Crippen LogP contribution in [-0.2, 0) is 20.3 Å². The second kappa shape index (κ2) is 11.0. The summed E-state index contributed by atoms with van der Waals surface area (Å²) in [5.74, 6) is 0.490. The van der Waals surface area contributed by atoms with E-state index >= 15 is 0 Å². The molecule has 1 atom stereocenters. The average Bonchev–Trinajstić information content (AvgIpc) is 2.73. The van der Waals surface area contributed by atoms with E-state index in [4.69, 9.17) is 32.4 Å². The minimum absolute atomic E-state index is 0.0974. The number of ether oxygens (including phenoxy) is 1. The van der Waals surface area contributed by atoms with E-state index in [2.05, 4.69) is 9.98 Å². The summed E-state index contributed by atoms with van der Waals surface area (Å²) in [7, 11) is -8.41. The normalized spacial score (nSPS) is 16.2. The standard InChI is InChI=1S/C19H21ClFN5O3S.C2H6O3S/c1-11(12-4-7-14(8-5-12)30(21,27)28)29-16-9-6-13(10-15(16)20)26-18(23)24-17(22)25-19(26,2)3;1-2-6(3,4)5/h4-11H,1-3H3,(H4,22,23,24,25);2H2,1H3,(H,3,4,5). The predicted molar refractivity (Wildman–Crippen MR) is 137 cm³/mol. The van der Waals surface area contributed by atoms with Crippen molar-refractivity contribution in [2.24, 2.45) is 21.5 Å². The topological polar surface area (TPSA) is 178 Å². The highest BCUT2D eigenvalue weighted by atomic mass is 35.5. The molecule has 0 aromatic heterocycles. The maximum absolute atomic E-state index is 13.0. The van der Waals surface area contributed by atoms with Crippen LogP contribution in [0, 0.1) is 0 Å². The Hall–Kier alpha value is -2.94. The molecule has 198 valence electrons. The van der Waals surface area contributed by atoms with Gasteiger partial charge in [-0.1, -0.05) is 23.7 Å². The van der Waals surface area contributed by atoms with Gasteiger partial charge in [-0.25, -0.2) is 4.99 Å². The molecule has 2 aromatic carbocycles. The predicted octanol–water partition coefficient (Wildman–Crippen LogP) is 3.22. The van der Waals surface area contributed by atoms with Crippen LogP contribution in [0.1, 0.15) is 39.4 Å². The van der Waals surface area contributed by atoms with Gasteiger partial charge in [0.25, 0.3) is 10.1 Å². The van der Waals surface area contributed by atoms with Crippen LogP contribution in [-0.4, -0.2) is 44.7 Å².